The van der Waals surface area contributed by atoms with Crippen molar-refractivity contribution < 1.29 is 4.79 Å². The van der Waals surface area contributed by atoms with Crippen molar-refractivity contribution in [2.75, 3.05) is 31.1 Å². The Morgan fingerprint density at radius 2 is 1.88 bits per heavy atom. The number of hydrogen-bond acceptors (Lipinski definition) is 5. The molecule has 4 rings (SSSR count). The Balaban J connectivity index is 1.37. The number of piperazine rings is 1. The highest BCUT2D eigenvalue weighted by Gasteiger charge is 2.25. The smallest absolute Gasteiger partial charge is 0.317 e. The first kappa shape index (κ1) is 15.2. The molecular weight excluding hydrogens is 306 g/mol. The van der Waals surface area contributed by atoms with E-state index in [1.54, 1.807) is 4.52 Å². The largest absolute Gasteiger partial charge is 0.352 e. The van der Waals surface area contributed by atoms with Crippen molar-refractivity contribution >= 4 is 17.5 Å². The number of amides is 2. The summed E-state index contributed by atoms with van der Waals surface area (Å²) in [6.45, 7) is 4.91. The van der Waals surface area contributed by atoms with Crippen LogP contribution in [-0.2, 0) is 0 Å². The van der Waals surface area contributed by atoms with Crippen molar-refractivity contribution in [3.05, 3.63) is 18.0 Å². The number of nitrogens with zero attached hydrogens (tertiary/aromatic N) is 6. The second kappa shape index (κ2) is 6.26. The van der Waals surface area contributed by atoms with Crippen LogP contribution < -0.4 is 10.2 Å². The maximum atomic E-state index is 12.3. The van der Waals surface area contributed by atoms with Gasteiger partial charge in [-0.25, -0.2) is 4.79 Å². The van der Waals surface area contributed by atoms with Crippen LogP contribution >= 0.6 is 0 Å². The number of carbonyl (C=O) groups excluding carboxylic acids is 1. The van der Waals surface area contributed by atoms with Crippen LogP contribution in [-0.4, -0.2) is 63.0 Å². The van der Waals surface area contributed by atoms with Gasteiger partial charge in [0.2, 0.25) is 0 Å². The molecule has 2 amide bonds. The van der Waals surface area contributed by atoms with E-state index >= 15 is 0 Å². The molecule has 2 aromatic rings. The quantitative estimate of drug-likeness (QED) is 0.896. The van der Waals surface area contributed by atoms with Crippen LogP contribution in [0.2, 0.25) is 0 Å². The third-order valence-electron chi connectivity index (χ3n) is 4.98. The van der Waals surface area contributed by atoms with Crippen molar-refractivity contribution in [3.63, 3.8) is 0 Å². The summed E-state index contributed by atoms with van der Waals surface area (Å²) < 4.78 is 1.76. The van der Waals surface area contributed by atoms with E-state index < -0.39 is 0 Å². The highest BCUT2D eigenvalue weighted by molar-refractivity contribution is 5.75. The highest BCUT2D eigenvalue weighted by atomic mass is 16.2. The molecule has 2 aromatic heterocycles. The van der Waals surface area contributed by atoms with Crippen LogP contribution in [0.25, 0.3) is 5.65 Å². The highest BCUT2D eigenvalue weighted by Crippen LogP contribution is 2.19. The molecule has 0 atom stereocenters. The molecule has 1 aliphatic heterocycles. The summed E-state index contributed by atoms with van der Waals surface area (Å²) in [6, 6.07) is 4.36. The first-order chi connectivity index (χ1) is 11.7. The first-order valence-electron chi connectivity index (χ1n) is 8.70. The predicted octanol–water partition coefficient (Wildman–Crippen LogP) is 1.21. The molecule has 2 aliphatic rings. The van der Waals surface area contributed by atoms with E-state index in [1.807, 2.05) is 24.0 Å². The normalized spacial score (nSPS) is 19.2. The lowest BCUT2D eigenvalue weighted by Gasteiger charge is -2.35. The molecule has 0 aromatic carbocycles. The van der Waals surface area contributed by atoms with Gasteiger partial charge >= 0.3 is 6.03 Å². The van der Waals surface area contributed by atoms with Crippen LogP contribution in [0.3, 0.4) is 0 Å². The third kappa shape index (κ3) is 2.88. The average Bonchev–Trinajstić information content (AvgIpc) is 3.25. The van der Waals surface area contributed by atoms with Crippen LogP contribution in [0.1, 0.15) is 31.5 Å². The van der Waals surface area contributed by atoms with Gasteiger partial charge in [0.25, 0.3) is 0 Å². The molecule has 128 valence electrons. The van der Waals surface area contributed by atoms with Gasteiger partial charge in [-0.15, -0.1) is 15.3 Å². The van der Waals surface area contributed by atoms with Crippen LogP contribution in [0.5, 0.6) is 0 Å². The average molecular weight is 329 g/mol. The molecule has 8 heteroatoms. The predicted molar refractivity (Wildman–Crippen MR) is 90.1 cm³/mol. The summed E-state index contributed by atoms with van der Waals surface area (Å²) in [5.74, 6) is 1.68. The van der Waals surface area contributed by atoms with Gasteiger partial charge in [0, 0.05) is 32.2 Å². The number of hydrogen-bond donors (Lipinski definition) is 1. The molecular formula is C16H23N7O. The molecule has 0 radical (unpaired) electrons. The second-order valence-corrected chi connectivity index (χ2v) is 6.61. The fraction of sp³-hybridized carbons (Fsp3) is 0.625. The molecule has 0 unspecified atom stereocenters. The Morgan fingerprint density at radius 1 is 1.12 bits per heavy atom. The summed E-state index contributed by atoms with van der Waals surface area (Å²) >= 11 is 0. The lowest BCUT2D eigenvalue weighted by molar-refractivity contribution is 0.190. The van der Waals surface area contributed by atoms with E-state index in [0.717, 1.165) is 56.3 Å². The van der Waals surface area contributed by atoms with E-state index in [9.17, 15) is 4.79 Å². The monoisotopic (exact) mass is 329 g/mol. The van der Waals surface area contributed by atoms with E-state index in [4.69, 9.17) is 0 Å². The van der Waals surface area contributed by atoms with E-state index in [2.05, 4.69) is 25.5 Å². The van der Waals surface area contributed by atoms with Crippen molar-refractivity contribution in [1.29, 1.82) is 0 Å². The summed E-state index contributed by atoms with van der Waals surface area (Å²) in [7, 11) is 0. The number of carbonyl (C=O) groups is 1. The Hall–Kier alpha value is -2.38. The summed E-state index contributed by atoms with van der Waals surface area (Å²) in [4.78, 5) is 16.5. The minimum absolute atomic E-state index is 0.0830. The first-order valence-corrected chi connectivity index (χ1v) is 8.70. The summed E-state index contributed by atoms with van der Waals surface area (Å²) in [5, 5.41) is 15.9. The number of rotatable bonds is 2. The number of anilines is 1. The van der Waals surface area contributed by atoms with Crippen molar-refractivity contribution in [1.82, 2.24) is 30.0 Å². The topological polar surface area (TPSA) is 78.7 Å². The molecule has 3 heterocycles. The standard InChI is InChI=1S/C16H23N7O/c1-12-18-19-14-6-7-15(20-23(12)14)21-8-10-22(11-9-21)16(24)17-13-4-2-3-5-13/h6-7,13H,2-5,8-11H2,1H3,(H,17,24). The van der Waals surface area contributed by atoms with Gasteiger partial charge in [-0.1, -0.05) is 12.8 Å². The fourth-order valence-electron chi connectivity index (χ4n) is 3.53. The third-order valence-corrected chi connectivity index (χ3v) is 4.98. The van der Waals surface area contributed by atoms with E-state index in [0.29, 0.717) is 6.04 Å². The number of fused-ring (bicyclic) bond motifs is 1. The lowest BCUT2D eigenvalue weighted by Crippen LogP contribution is -2.53. The number of aromatic nitrogens is 4. The van der Waals surface area contributed by atoms with Crippen molar-refractivity contribution in [2.45, 2.75) is 38.6 Å². The Kier molecular flexibility index (Phi) is 3.95. The van der Waals surface area contributed by atoms with E-state index in [1.165, 1.54) is 12.8 Å². The number of aryl methyl sites for hydroxylation is 1. The molecule has 1 saturated heterocycles. The Labute approximate surface area is 140 Å². The van der Waals surface area contributed by atoms with Gasteiger partial charge in [-0.05, 0) is 31.9 Å². The molecule has 1 saturated carbocycles. The van der Waals surface area contributed by atoms with Gasteiger partial charge < -0.3 is 15.1 Å². The fourth-order valence-corrected chi connectivity index (χ4v) is 3.53. The Bertz CT molecular complexity index is 729. The second-order valence-electron chi connectivity index (χ2n) is 6.61. The zero-order valence-corrected chi connectivity index (χ0v) is 14.0. The summed E-state index contributed by atoms with van der Waals surface area (Å²) in [5.41, 5.74) is 0.755. The Morgan fingerprint density at radius 3 is 2.62 bits per heavy atom. The van der Waals surface area contributed by atoms with Crippen molar-refractivity contribution in [3.8, 4) is 0 Å². The summed E-state index contributed by atoms with van der Waals surface area (Å²) in [6.07, 6.45) is 4.70. The molecule has 8 nitrogen and oxygen atoms in total. The van der Waals surface area contributed by atoms with Gasteiger partial charge in [0.15, 0.2) is 11.5 Å². The van der Waals surface area contributed by atoms with E-state index in [-0.39, 0.29) is 6.03 Å². The zero-order chi connectivity index (χ0) is 16.5. The van der Waals surface area contributed by atoms with Gasteiger partial charge in [0.1, 0.15) is 5.82 Å². The molecule has 1 aliphatic carbocycles. The maximum absolute atomic E-state index is 12.3. The molecule has 2 fully saturated rings. The molecule has 1 N–H and O–H groups in total. The van der Waals surface area contributed by atoms with Crippen molar-refractivity contribution in [2.24, 2.45) is 0 Å². The van der Waals surface area contributed by atoms with Gasteiger partial charge in [-0.3, -0.25) is 0 Å². The minimum Gasteiger partial charge on any atom is -0.352 e. The minimum atomic E-state index is 0.0830. The van der Waals surface area contributed by atoms with Crippen LogP contribution in [0.15, 0.2) is 12.1 Å². The SMILES string of the molecule is Cc1nnc2ccc(N3CCN(C(=O)NC4CCCC4)CC3)nn12. The van der Waals surface area contributed by atoms with Crippen LogP contribution in [0.4, 0.5) is 10.6 Å². The van der Waals surface area contributed by atoms with Gasteiger partial charge in [-0.2, -0.15) is 4.52 Å². The number of urea groups is 1. The zero-order valence-electron chi connectivity index (χ0n) is 14.0. The maximum Gasteiger partial charge on any atom is 0.317 e. The van der Waals surface area contributed by atoms with Gasteiger partial charge in [0.05, 0.1) is 0 Å². The van der Waals surface area contributed by atoms with Crippen LogP contribution in [0, 0.1) is 6.92 Å². The number of nitrogens with one attached hydrogen (secondary N) is 1. The molecule has 0 bridgehead atoms. The lowest BCUT2D eigenvalue weighted by atomic mass is 10.2. The molecule has 24 heavy (non-hydrogen) atoms. The molecule has 0 spiro atoms.